The maximum Gasteiger partial charge on any atom is 0.319 e. The van der Waals surface area contributed by atoms with Crippen LogP contribution < -0.4 is 15.5 Å². The molecule has 0 aromatic heterocycles. The van der Waals surface area contributed by atoms with E-state index in [0.717, 1.165) is 30.6 Å². The molecule has 108 valence electrons. The zero-order chi connectivity index (χ0) is 14.5. The zero-order valence-corrected chi connectivity index (χ0v) is 12.0. The summed E-state index contributed by atoms with van der Waals surface area (Å²) in [5, 5.41) is 5.46. The molecule has 0 bridgehead atoms. The summed E-state index contributed by atoms with van der Waals surface area (Å²) in [5.41, 5.74) is 2.64. The van der Waals surface area contributed by atoms with Crippen molar-refractivity contribution < 1.29 is 9.59 Å². The van der Waals surface area contributed by atoms with Crippen LogP contribution in [0.5, 0.6) is 0 Å². The molecule has 20 heavy (non-hydrogen) atoms. The fraction of sp³-hybridized carbons (Fsp3) is 0.467. The van der Waals surface area contributed by atoms with Gasteiger partial charge < -0.3 is 15.5 Å². The van der Waals surface area contributed by atoms with Gasteiger partial charge in [-0.1, -0.05) is 6.07 Å². The van der Waals surface area contributed by atoms with Gasteiger partial charge >= 0.3 is 6.03 Å². The Morgan fingerprint density at radius 2 is 2.15 bits per heavy atom. The van der Waals surface area contributed by atoms with Crippen molar-refractivity contribution in [3.05, 3.63) is 23.8 Å². The topological polar surface area (TPSA) is 61.4 Å². The fourth-order valence-corrected chi connectivity index (χ4v) is 2.37. The lowest BCUT2D eigenvalue weighted by molar-refractivity contribution is -0.119. The number of urea groups is 1. The van der Waals surface area contributed by atoms with Crippen molar-refractivity contribution in [2.75, 3.05) is 23.3 Å². The largest absolute Gasteiger partial charge is 0.338 e. The minimum absolute atomic E-state index is 0.162. The van der Waals surface area contributed by atoms with Crippen LogP contribution in [0.2, 0.25) is 0 Å². The van der Waals surface area contributed by atoms with Gasteiger partial charge in [-0.05, 0) is 44.4 Å². The maximum absolute atomic E-state index is 12.0. The molecule has 2 rings (SSSR count). The van der Waals surface area contributed by atoms with E-state index in [1.54, 1.807) is 0 Å². The number of hydrogen-bond acceptors (Lipinski definition) is 2. The molecule has 1 aliphatic heterocycles. The highest BCUT2D eigenvalue weighted by atomic mass is 16.2. The predicted octanol–water partition coefficient (Wildman–Crippen LogP) is 2.65. The molecule has 1 aromatic rings. The molecule has 0 aliphatic carbocycles. The highest BCUT2D eigenvalue weighted by Gasteiger charge is 2.21. The van der Waals surface area contributed by atoms with Gasteiger partial charge in [0.25, 0.3) is 0 Å². The lowest BCUT2D eigenvalue weighted by Crippen LogP contribution is -2.35. The van der Waals surface area contributed by atoms with Crippen LogP contribution in [0, 0.1) is 6.92 Å². The number of aryl methyl sites for hydroxylation is 1. The number of nitrogens with one attached hydrogen (secondary N) is 2. The first-order valence-corrected chi connectivity index (χ1v) is 7.07. The normalized spacial score (nSPS) is 15.1. The maximum atomic E-state index is 12.0. The number of carbonyl (C=O) groups excluding carboxylic acids is 2. The van der Waals surface area contributed by atoms with E-state index < -0.39 is 0 Å². The average molecular weight is 275 g/mol. The fourth-order valence-electron chi connectivity index (χ4n) is 2.37. The van der Waals surface area contributed by atoms with Crippen LogP contribution in [0.4, 0.5) is 16.2 Å². The van der Waals surface area contributed by atoms with Crippen LogP contribution in [-0.4, -0.2) is 25.0 Å². The molecular formula is C15H21N3O2. The minimum atomic E-state index is -0.229. The molecule has 1 aliphatic rings. The second-order valence-corrected chi connectivity index (χ2v) is 4.99. The summed E-state index contributed by atoms with van der Waals surface area (Å²) in [6.45, 7) is 5.18. The van der Waals surface area contributed by atoms with Gasteiger partial charge in [0, 0.05) is 30.9 Å². The van der Waals surface area contributed by atoms with E-state index in [1.165, 1.54) is 0 Å². The van der Waals surface area contributed by atoms with Crippen LogP contribution in [0.25, 0.3) is 0 Å². The summed E-state index contributed by atoms with van der Waals surface area (Å²) < 4.78 is 0. The van der Waals surface area contributed by atoms with Crippen molar-refractivity contribution >= 4 is 23.3 Å². The molecule has 0 radical (unpaired) electrons. The summed E-state index contributed by atoms with van der Waals surface area (Å²) in [6, 6.07) is 5.42. The van der Waals surface area contributed by atoms with Crippen LogP contribution in [0.3, 0.4) is 0 Å². The summed E-state index contributed by atoms with van der Waals surface area (Å²) >= 11 is 0. The molecule has 0 atom stereocenters. The van der Waals surface area contributed by atoms with Crippen molar-refractivity contribution in [2.24, 2.45) is 0 Å². The molecule has 0 saturated carbocycles. The Kier molecular flexibility index (Phi) is 4.61. The first-order valence-electron chi connectivity index (χ1n) is 7.07. The van der Waals surface area contributed by atoms with Gasteiger partial charge in [0.2, 0.25) is 5.91 Å². The van der Waals surface area contributed by atoms with Crippen molar-refractivity contribution in [1.82, 2.24) is 5.32 Å². The molecule has 5 heteroatoms. The molecule has 5 nitrogen and oxygen atoms in total. The standard InChI is InChI=1S/C15H21N3O2/c1-3-16-15(20)17-12-8-7-11(2)13(10-12)18-9-5-4-6-14(18)19/h7-8,10H,3-6,9H2,1-2H3,(H2,16,17,20). The summed E-state index contributed by atoms with van der Waals surface area (Å²) in [4.78, 5) is 25.4. The smallest absolute Gasteiger partial charge is 0.319 e. The van der Waals surface area contributed by atoms with Crippen LogP contribution in [-0.2, 0) is 4.79 Å². The monoisotopic (exact) mass is 275 g/mol. The van der Waals surface area contributed by atoms with Crippen molar-refractivity contribution in [2.45, 2.75) is 33.1 Å². The Balaban J connectivity index is 2.20. The van der Waals surface area contributed by atoms with Gasteiger partial charge in [-0.3, -0.25) is 4.79 Å². The third-order valence-corrected chi connectivity index (χ3v) is 3.42. The third-order valence-electron chi connectivity index (χ3n) is 3.42. The number of nitrogens with zero attached hydrogens (tertiary/aromatic N) is 1. The Labute approximate surface area is 119 Å². The molecule has 0 spiro atoms. The summed E-state index contributed by atoms with van der Waals surface area (Å²) in [7, 11) is 0. The second-order valence-electron chi connectivity index (χ2n) is 4.99. The van der Waals surface area contributed by atoms with E-state index in [4.69, 9.17) is 0 Å². The molecular weight excluding hydrogens is 254 g/mol. The predicted molar refractivity (Wildman–Crippen MR) is 80.1 cm³/mol. The molecule has 3 amide bonds. The number of amides is 3. The number of hydrogen-bond donors (Lipinski definition) is 2. The number of rotatable bonds is 3. The van der Waals surface area contributed by atoms with E-state index in [2.05, 4.69) is 10.6 Å². The van der Waals surface area contributed by atoms with E-state index in [0.29, 0.717) is 18.7 Å². The average Bonchev–Trinajstić information content (AvgIpc) is 2.42. The number of piperidine rings is 1. The van der Waals surface area contributed by atoms with Crippen LogP contribution in [0.1, 0.15) is 31.7 Å². The quantitative estimate of drug-likeness (QED) is 0.891. The van der Waals surface area contributed by atoms with E-state index in [1.807, 2.05) is 36.9 Å². The summed E-state index contributed by atoms with van der Waals surface area (Å²) in [5.74, 6) is 0.162. The van der Waals surface area contributed by atoms with Crippen molar-refractivity contribution in [3.8, 4) is 0 Å². The van der Waals surface area contributed by atoms with Gasteiger partial charge in [-0.15, -0.1) is 0 Å². The molecule has 1 fully saturated rings. The minimum Gasteiger partial charge on any atom is -0.338 e. The number of carbonyl (C=O) groups is 2. The van der Waals surface area contributed by atoms with Gasteiger partial charge in [-0.2, -0.15) is 0 Å². The molecule has 0 unspecified atom stereocenters. The van der Waals surface area contributed by atoms with Gasteiger partial charge in [-0.25, -0.2) is 4.79 Å². The lowest BCUT2D eigenvalue weighted by Gasteiger charge is -2.28. The van der Waals surface area contributed by atoms with Gasteiger partial charge in [0.1, 0.15) is 0 Å². The molecule has 2 N–H and O–H groups in total. The van der Waals surface area contributed by atoms with E-state index in [9.17, 15) is 9.59 Å². The Hall–Kier alpha value is -2.04. The molecule has 1 saturated heterocycles. The van der Waals surface area contributed by atoms with E-state index in [-0.39, 0.29) is 11.9 Å². The van der Waals surface area contributed by atoms with Crippen molar-refractivity contribution in [3.63, 3.8) is 0 Å². The second kappa shape index (κ2) is 6.41. The van der Waals surface area contributed by atoms with Crippen LogP contribution in [0.15, 0.2) is 18.2 Å². The zero-order valence-electron chi connectivity index (χ0n) is 12.0. The van der Waals surface area contributed by atoms with Crippen LogP contribution >= 0.6 is 0 Å². The summed E-state index contributed by atoms with van der Waals surface area (Å²) in [6.07, 6.45) is 2.60. The first kappa shape index (κ1) is 14.4. The van der Waals surface area contributed by atoms with Crippen molar-refractivity contribution in [1.29, 1.82) is 0 Å². The number of benzene rings is 1. The lowest BCUT2D eigenvalue weighted by atomic mass is 10.1. The molecule has 1 heterocycles. The molecule has 1 aromatic carbocycles. The highest BCUT2D eigenvalue weighted by molar-refractivity contribution is 5.96. The van der Waals surface area contributed by atoms with E-state index >= 15 is 0 Å². The van der Waals surface area contributed by atoms with Gasteiger partial charge in [0.15, 0.2) is 0 Å². The van der Waals surface area contributed by atoms with Gasteiger partial charge in [0.05, 0.1) is 0 Å². The first-order chi connectivity index (χ1) is 9.61. The third kappa shape index (κ3) is 3.29. The SMILES string of the molecule is CCNC(=O)Nc1ccc(C)c(N2CCCCC2=O)c1. The Morgan fingerprint density at radius 3 is 2.85 bits per heavy atom. The Morgan fingerprint density at radius 1 is 1.35 bits per heavy atom. The highest BCUT2D eigenvalue weighted by Crippen LogP contribution is 2.27. The Bertz CT molecular complexity index is 514. The number of anilines is 2.